The normalized spacial score (nSPS) is 10.3. The molecular formula is C13H10FIN2O2. The van der Waals surface area contributed by atoms with Crippen molar-refractivity contribution in [2.24, 2.45) is 0 Å². The zero-order chi connectivity index (χ0) is 14.0. The Balaban J connectivity index is 2.46. The summed E-state index contributed by atoms with van der Waals surface area (Å²) in [4.78, 5) is 10.2. The lowest BCUT2D eigenvalue weighted by atomic mass is 10.2. The van der Waals surface area contributed by atoms with E-state index in [4.69, 9.17) is 0 Å². The summed E-state index contributed by atoms with van der Waals surface area (Å²) in [7, 11) is 0. The van der Waals surface area contributed by atoms with Crippen molar-refractivity contribution in [2.45, 2.75) is 6.92 Å². The smallest absolute Gasteiger partial charge is 0.327 e. The van der Waals surface area contributed by atoms with Crippen LogP contribution in [0, 0.1) is 26.4 Å². The first-order chi connectivity index (χ1) is 8.99. The van der Waals surface area contributed by atoms with Gasteiger partial charge in [0.15, 0.2) is 0 Å². The summed E-state index contributed by atoms with van der Waals surface area (Å²) < 4.78 is 14.5. The second-order valence-electron chi connectivity index (χ2n) is 3.98. The summed E-state index contributed by atoms with van der Waals surface area (Å²) in [6.45, 7) is 1.88. The fourth-order valence-corrected chi connectivity index (χ4v) is 2.17. The molecule has 6 heteroatoms. The van der Waals surface area contributed by atoms with Gasteiger partial charge in [-0.05, 0) is 59.3 Å². The van der Waals surface area contributed by atoms with Crippen LogP contribution < -0.4 is 5.32 Å². The molecule has 0 heterocycles. The van der Waals surface area contributed by atoms with Gasteiger partial charge in [0.05, 0.1) is 4.92 Å². The van der Waals surface area contributed by atoms with Crippen molar-refractivity contribution < 1.29 is 9.31 Å². The van der Waals surface area contributed by atoms with E-state index >= 15 is 0 Å². The highest BCUT2D eigenvalue weighted by Crippen LogP contribution is 2.31. The first kappa shape index (κ1) is 13.7. The monoisotopic (exact) mass is 372 g/mol. The van der Waals surface area contributed by atoms with Gasteiger partial charge in [-0.3, -0.25) is 10.1 Å². The molecule has 0 aliphatic carbocycles. The van der Waals surface area contributed by atoms with Crippen LogP contribution in [-0.4, -0.2) is 4.92 Å². The van der Waals surface area contributed by atoms with Crippen molar-refractivity contribution in [3.8, 4) is 0 Å². The Morgan fingerprint density at radius 3 is 2.68 bits per heavy atom. The lowest BCUT2D eigenvalue weighted by molar-refractivity contribution is -0.386. The number of hydrogen-bond donors (Lipinski definition) is 1. The third-order valence-electron chi connectivity index (χ3n) is 2.64. The molecule has 0 fully saturated rings. The Labute approximate surface area is 122 Å². The van der Waals surface area contributed by atoms with Gasteiger partial charge in [-0.15, -0.1) is 0 Å². The molecule has 0 aromatic heterocycles. The van der Waals surface area contributed by atoms with Gasteiger partial charge in [0.2, 0.25) is 5.82 Å². The number of anilines is 2. The molecule has 0 aliphatic rings. The van der Waals surface area contributed by atoms with E-state index in [2.05, 4.69) is 27.9 Å². The van der Waals surface area contributed by atoms with E-state index < -0.39 is 16.4 Å². The summed E-state index contributed by atoms with van der Waals surface area (Å²) in [5, 5.41) is 13.8. The largest absolute Gasteiger partial charge is 0.350 e. The van der Waals surface area contributed by atoms with Crippen molar-refractivity contribution in [1.82, 2.24) is 0 Å². The quantitative estimate of drug-likeness (QED) is 0.494. The van der Waals surface area contributed by atoms with Crippen molar-refractivity contribution in [2.75, 3.05) is 5.32 Å². The van der Waals surface area contributed by atoms with Crippen LogP contribution in [0.15, 0.2) is 36.4 Å². The second-order valence-corrected chi connectivity index (χ2v) is 5.22. The van der Waals surface area contributed by atoms with E-state index in [0.717, 1.165) is 20.9 Å². The Bertz CT molecular complexity index is 647. The molecular weight excluding hydrogens is 362 g/mol. The molecule has 1 N–H and O–H groups in total. The number of nitro benzene ring substituents is 1. The Hall–Kier alpha value is -1.70. The number of aryl methyl sites for hydroxylation is 1. The summed E-state index contributed by atoms with van der Waals surface area (Å²) in [6.07, 6.45) is 0. The number of hydrogen-bond acceptors (Lipinski definition) is 3. The molecule has 0 atom stereocenters. The van der Waals surface area contributed by atoms with Gasteiger partial charge in [-0.25, -0.2) is 0 Å². The highest BCUT2D eigenvalue weighted by atomic mass is 127. The van der Waals surface area contributed by atoms with E-state index in [1.807, 2.05) is 25.1 Å². The molecule has 0 saturated carbocycles. The summed E-state index contributed by atoms with van der Waals surface area (Å²) in [6, 6.07) is 9.68. The predicted molar refractivity (Wildman–Crippen MR) is 80.2 cm³/mol. The van der Waals surface area contributed by atoms with Crippen molar-refractivity contribution in [3.63, 3.8) is 0 Å². The van der Waals surface area contributed by atoms with Gasteiger partial charge >= 0.3 is 5.69 Å². The topological polar surface area (TPSA) is 55.2 Å². The maximum atomic E-state index is 13.5. The predicted octanol–water partition coefficient (Wildman–Crippen LogP) is 4.39. The minimum Gasteiger partial charge on any atom is -0.350 e. The van der Waals surface area contributed by atoms with E-state index in [1.165, 1.54) is 12.1 Å². The second kappa shape index (κ2) is 5.52. The third-order valence-corrected chi connectivity index (χ3v) is 3.31. The lowest BCUT2D eigenvalue weighted by Gasteiger charge is -2.10. The summed E-state index contributed by atoms with van der Waals surface area (Å²) in [5.74, 6) is -0.849. The first-order valence-electron chi connectivity index (χ1n) is 5.45. The van der Waals surface area contributed by atoms with Crippen molar-refractivity contribution >= 4 is 39.7 Å². The van der Waals surface area contributed by atoms with Gasteiger partial charge in [0.25, 0.3) is 0 Å². The number of nitrogens with one attached hydrogen (secondary N) is 1. The number of para-hydroxylation sites is 1. The number of nitro groups is 1. The SMILES string of the molecule is Cc1ccc(I)cc1Nc1cccc(F)c1[N+](=O)[O-]. The van der Waals surface area contributed by atoms with Gasteiger partial charge < -0.3 is 5.32 Å². The average molecular weight is 372 g/mol. The van der Waals surface area contributed by atoms with E-state index in [0.29, 0.717) is 0 Å². The number of nitrogens with zero attached hydrogens (tertiary/aromatic N) is 1. The van der Waals surface area contributed by atoms with Crippen LogP contribution in [0.25, 0.3) is 0 Å². The fraction of sp³-hybridized carbons (Fsp3) is 0.0769. The molecule has 19 heavy (non-hydrogen) atoms. The minimum atomic E-state index is -0.849. The molecule has 0 bridgehead atoms. The summed E-state index contributed by atoms with van der Waals surface area (Å²) >= 11 is 2.15. The molecule has 0 radical (unpaired) electrons. The third kappa shape index (κ3) is 3.01. The summed E-state index contributed by atoms with van der Waals surface area (Å²) in [5.41, 5.74) is 1.26. The van der Waals surface area contributed by atoms with Gasteiger partial charge in [0.1, 0.15) is 5.69 Å². The zero-order valence-electron chi connectivity index (χ0n) is 9.98. The molecule has 0 spiro atoms. The van der Waals surface area contributed by atoms with Crippen LogP contribution in [0.4, 0.5) is 21.5 Å². The average Bonchev–Trinajstić information content (AvgIpc) is 2.33. The van der Waals surface area contributed by atoms with E-state index in [9.17, 15) is 14.5 Å². The van der Waals surface area contributed by atoms with Crippen molar-refractivity contribution in [1.29, 1.82) is 0 Å². The number of benzene rings is 2. The minimum absolute atomic E-state index is 0.148. The Kier molecular flexibility index (Phi) is 3.98. The zero-order valence-corrected chi connectivity index (χ0v) is 12.1. The highest BCUT2D eigenvalue weighted by Gasteiger charge is 2.20. The van der Waals surface area contributed by atoms with Crippen LogP contribution in [0.3, 0.4) is 0 Å². The molecule has 0 unspecified atom stereocenters. The lowest BCUT2D eigenvalue weighted by Crippen LogP contribution is -2.00. The van der Waals surface area contributed by atoms with E-state index in [1.54, 1.807) is 0 Å². The van der Waals surface area contributed by atoms with Crippen LogP contribution in [0.2, 0.25) is 0 Å². The van der Waals surface area contributed by atoms with Crippen molar-refractivity contribution in [3.05, 3.63) is 61.5 Å². The molecule has 0 saturated heterocycles. The van der Waals surface area contributed by atoms with Gasteiger partial charge in [-0.2, -0.15) is 4.39 Å². The molecule has 2 aromatic carbocycles. The van der Waals surface area contributed by atoms with Crippen LogP contribution >= 0.6 is 22.6 Å². The van der Waals surface area contributed by atoms with Crippen LogP contribution in [0.5, 0.6) is 0 Å². The fourth-order valence-electron chi connectivity index (χ4n) is 1.68. The van der Waals surface area contributed by atoms with Gasteiger partial charge in [0, 0.05) is 9.26 Å². The molecule has 2 aromatic rings. The maximum Gasteiger partial charge on any atom is 0.327 e. The first-order valence-corrected chi connectivity index (χ1v) is 6.53. The molecule has 98 valence electrons. The Morgan fingerprint density at radius 2 is 2.00 bits per heavy atom. The van der Waals surface area contributed by atoms with E-state index in [-0.39, 0.29) is 5.69 Å². The highest BCUT2D eigenvalue weighted by molar-refractivity contribution is 14.1. The molecule has 0 aliphatic heterocycles. The standard InChI is InChI=1S/C13H10FIN2O2/c1-8-5-6-9(15)7-12(8)16-11-4-2-3-10(14)13(11)17(18)19/h2-7,16H,1H3. The maximum absolute atomic E-state index is 13.5. The van der Waals surface area contributed by atoms with Crippen LogP contribution in [-0.2, 0) is 0 Å². The molecule has 2 rings (SSSR count). The molecule has 0 amide bonds. The number of rotatable bonds is 3. The number of halogens is 2. The molecule has 4 nitrogen and oxygen atoms in total. The van der Waals surface area contributed by atoms with Gasteiger partial charge in [-0.1, -0.05) is 12.1 Å². The Morgan fingerprint density at radius 1 is 1.26 bits per heavy atom. The van der Waals surface area contributed by atoms with Crippen LogP contribution in [0.1, 0.15) is 5.56 Å².